The fourth-order valence-electron chi connectivity index (χ4n) is 0.728. The average Bonchev–Trinajstić information content (AvgIpc) is 2.01. The Bertz CT molecular complexity index is 226. The highest BCUT2D eigenvalue weighted by Gasteiger charge is 2.41. The van der Waals surface area contributed by atoms with Gasteiger partial charge in [-0.05, 0) is 24.4 Å². The third-order valence-electron chi connectivity index (χ3n) is 2.81. The van der Waals surface area contributed by atoms with E-state index < -0.39 is 14.4 Å². The van der Waals surface area contributed by atoms with Crippen LogP contribution < -0.4 is 5.73 Å². The largest absolute Gasteiger partial charge is 0.518 e. The molecule has 5 heteroatoms. The Morgan fingerprint density at radius 2 is 1.93 bits per heavy atom. The molecule has 0 aliphatic heterocycles. The summed E-state index contributed by atoms with van der Waals surface area (Å²) in [5, 5.41) is 0.0434. The van der Waals surface area contributed by atoms with Crippen molar-refractivity contribution in [2.45, 2.75) is 44.9 Å². The number of carbonyl (C=O) groups is 1. The highest BCUT2D eigenvalue weighted by atomic mass is 32.2. The van der Waals surface area contributed by atoms with Crippen LogP contribution >= 0.6 is 11.8 Å². The molecule has 15 heavy (non-hydrogen) atoms. The molecule has 0 saturated heterocycles. The summed E-state index contributed by atoms with van der Waals surface area (Å²) in [7, 11) is -2.00. The van der Waals surface area contributed by atoms with Crippen LogP contribution in [0.25, 0.3) is 0 Å². The van der Waals surface area contributed by atoms with Crippen molar-refractivity contribution < 1.29 is 9.22 Å². The van der Waals surface area contributed by atoms with Crippen LogP contribution in [0.1, 0.15) is 20.8 Å². The summed E-state index contributed by atoms with van der Waals surface area (Å²) in [6.45, 7) is 10.4. The van der Waals surface area contributed by atoms with Gasteiger partial charge < -0.3 is 10.2 Å². The van der Waals surface area contributed by atoms with Crippen molar-refractivity contribution in [2.75, 3.05) is 12.0 Å². The zero-order valence-electron chi connectivity index (χ0n) is 10.6. The third-order valence-corrected chi connectivity index (χ3v) is 7.83. The molecular weight excluding hydrogens is 226 g/mol. The Balaban J connectivity index is 4.41. The number of hydrogen-bond donors (Lipinski definition) is 1. The summed E-state index contributed by atoms with van der Waals surface area (Å²) in [5.41, 5.74) is 5.71. The van der Waals surface area contributed by atoms with Gasteiger partial charge in [0.1, 0.15) is 6.04 Å². The molecule has 0 heterocycles. The second-order valence-corrected chi connectivity index (χ2v) is 10.9. The van der Waals surface area contributed by atoms with Crippen molar-refractivity contribution in [1.82, 2.24) is 0 Å². The minimum atomic E-state index is -2.00. The Labute approximate surface area is 98.3 Å². The van der Waals surface area contributed by atoms with Gasteiger partial charge in [-0.2, -0.15) is 11.8 Å². The summed E-state index contributed by atoms with van der Waals surface area (Å²) >= 11 is 1.56. The average molecular weight is 249 g/mol. The monoisotopic (exact) mass is 249 g/mol. The minimum Gasteiger partial charge on any atom is -0.518 e. The zero-order chi connectivity index (χ0) is 12.3. The Morgan fingerprint density at radius 1 is 1.47 bits per heavy atom. The minimum absolute atomic E-state index is 0.0434. The van der Waals surface area contributed by atoms with Gasteiger partial charge in [-0.25, -0.2) is 0 Å². The first kappa shape index (κ1) is 15.0. The first-order valence-corrected chi connectivity index (χ1v) is 9.39. The Morgan fingerprint density at radius 3 is 2.27 bits per heavy atom. The molecule has 0 bridgehead atoms. The lowest BCUT2D eigenvalue weighted by molar-refractivity contribution is -0.136. The molecule has 0 aromatic heterocycles. The standard InChI is InChI=1S/C10H23NO2SSi/c1-10(2,3)15(5,6)13-9(12)8(11)7-14-4/h8H,7,11H2,1-6H3. The third kappa shape index (κ3) is 4.57. The van der Waals surface area contributed by atoms with Crippen LogP contribution in [0.4, 0.5) is 0 Å². The topological polar surface area (TPSA) is 52.3 Å². The van der Waals surface area contributed by atoms with Crippen LogP contribution in [0.15, 0.2) is 0 Å². The van der Waals surface area contributed by atoms with Gasteiger partial charge in [-0.1, -0.05) is 20.8 Å². The van der Waals surface area contributed by atoms with E-state index in [0.717, 1.165) is 0 Å². The Kier molecular flexibility index (Phi) is 5.36. The first-order chi connectivity index (χ1) is 6.62. The Hall–Kier alpha value is -0.00312. The van der Waals surface area contributed by atoms with Crippen LogP contribution in [0.3, 0.4) is 0 Å². The highest BCUT2D eigenvalue weighted by Crippen LogP contribution is 2.36. The number of rotatable bonds is 4. The predicted octanol–water partition coefficient (Wildman–Crippen LogP) is 2.23. The predicted molar refractivity (Wildman–Crippen MR) is 69.6 cm³/mol. The zero-order valence-corrected chi connectivity index (χ0v) is 12.4. The summed E-state index contributed by atoms with van der Waals surface area (Å²) < 4.78 is 5.58. The quantitative estimate of drug-likeness (QED) is 0.776. The van der Waals surface area contributed by atoms with E-state index in [0.29, 0.717) is 5.75 Å². The summed E-state index contributed by atoms with van der Waals surface area (Å²) in [6.07, 6.45) is 1.93. The van der Waals surface area contributed by atoms with Crippen molar-refractivity contribution in [2.24, 2.45) is 5.73 Å². The highest BCUT2D eigenvalue weighted by molar-refractivity contribution is 7.98. The number of carbonyl (C=O) groups excluding carboxylic acids is 1. The van der Waals surface area contributed by atoms with Crippen LogP contribution in [-0.2, 0) is 9.22 Å². The molecule has 1 atom stereocenters. The molecule has 0 aliphatic rings. The molecule has 3 nitrogen and oxygen atoms in total. The molecule has 0 saturated carbocycles. The molecule has 0 rings (SSSR count). The maximum absolute atomic E-state index is 11.7. The normalized spacial score (nSPS) is 14.9. The van der Waals surface area contributed by atoms with Crippen molar-refractivity contribution in [3.05, 3.63) is 0 Å². The van der Waals surface area contributed by atoms with Crippen LogP contribution in [-0.4, -0.2) is 32.3 Å². The van der Waals surface area contributed by atoms with E-state index in [1.54, 1.807) is 11.8 Å². The fraction of sp³-hybridized carbons (Fsp3) is 0.900. The molecule has 2 N–H and O–H groups in total. The second-order valence-electron chi connectivity index (χ2n) is 5.24. The molecule has 0 fully saturated rings. The van der Waals surface area contributed by atoms with E-state index in [9.17, 15) is 4.79 Å². The van der Waals surface area contributed by atoms with E-state index >= 15 is 0 Å². The molecule has 0 amide bonds. The van der Waals surface area contributed by atoms with Crippen molar-refractivity contribution in [3.63, 3.8) is 0 Å². The smallest absolute Gasteiger partial charge is 0.310 e. The number of hydrogen-bond acceptors (Lipinski definition) is 4. The van der Waals surface area contributed by atoms with Crippen LogP contribution in [0.2, 0.25) is 18.1 Å². The SMILES string of the molecule is CSCC(N)C(=O)O[Si](C)(C)C(C)(C)C. The second kappa shape index (κ2) is 5.36. The molecule has 0 aromatic rings. The van der Waals surface area contributed by atoms with Crippen molar-refractivity contribution >= 4 is 26.0 Å². The maximum atomic E-state index is 11.7. The molecule has 0 radical (unpaired) electrons. The molecule has 0 spiro atoms. The van der Waals surface area contributed by atoms with Gasteiger partial charge in [0.15, 0.2) is 0 Å². The fourth-order valence-corrected chi connectivity index (χ4v) is 2.18. The van der Waals surface area contributed by atoms with E-state index in [4.69, 9.17) is 10.2 Å². The van der Waals surface area contributed by atoms with Gasteiger partial charge in [0, 0.05) is 5.75 Å². The summed E-state index contributed by atoms with van der Waals surface area (Å²) in [6, 6.07) is -0.492. The van der Waals surface area contributed by atoms with Crippen molar-refractivity contribution in [3.8, 4) is 0 Å². The van der Waals surface area contributed by atoms with Crippen LogP contribution in [0.5, 0.6) is 0 Å². The van der Waals surface area contributed by atoms with Gasteiger partial charge >= 0.3 is 5.97 Å². The lowest BCUT2D eigenvalue weighted by Gasteiger charge is -2.36. The molecular formula is C10H23NO2SSi. The van der Waals surface area contributed by atoms with E-state index in [1.165, 1.54) is 0 Å². The lowest BCUT2D eigenvalue weighted by atomic mass is 10.2. The summed E-state index contributed by atoms with van der Waals surface area (Å²) in [4.78, 5) is 11.7. The van der Waals surface area contributed by atoms with Gasteiger partial charge in [-0.3, -0.25) is 4.79 Å². The number of nitrogens with two attached hydrogens (primary N) is 1. The van der Waals surface area contributed by atoms with Gasteiger partial charge in [0.2, 0.25) is 0 Å². The maximum Gasteiger partial charge on any atom is 0.310 e. The molecule has 0 aliphatic carbocycles. The summed E-state index contributed by atoms with van der Waals surface area (Å²) in [5.74, 6) is 0.365. The van der Waals surface area contributed by atoms with E-state index in [2.05, 4.69) is 33.9 Å². The molecule has 1 unspecified atom stereocenters. The van der Waals surface area contributed by atoms with E-state index in [1.807, 2.05) is 6.26 Å². The van der Waals surface area contributed by atoms with E-state index in [-0.39, 0.29) is 11.0 Å². The van der Waals surface area contributed by atoms with Gasteiger partial charge in [-0.15, -0.1) is 0 Å². The van der Waals surface area contributed by atoms with Gasteiger partial charge in [0.25, 0.3) is 8.32 Å². The van der Waals surface area contributed by atoms with Gasteiger partial charge in [0.05, 0.1) is 0 Å². The van der Waals surface area contributed by atoms with Crippen LogP contribution in [0, 0.1) is 0 Å². The lowest BCUT2D eigenvalue weighted by Crippen LogP contribution is -2.47. The van der Waals surface area contributed by atoms with Crippen molar-refractivity contribution in [1.29, 1.82) is 0 Å². The number of thioether (sulfide) groups is 1. The first-order valence-electron chi connectivity index (χ1n) is 5.09. The molecule has 90 valence electrons. The molecule has 0 aromatic carbocycles.